The summed E-state index contributed by atoms with van der Waals surface area (Å²) >= 11 is 0. The molecule has 1 aromatic carbocycles. The van der Waals surface area contributed by atoms with E-state index in [9.17, 15) is 4.79 Å². The zero-order chi connectivity index (χ0) is 16.2. The molecule has 22 heavy (non-hydrogen) atoms. The highest BCUT2D eigenvalue weighted by atomic mass is 16.5. The first kappa shape index (κ1) is 16.9. The summed E-state index contributed by atoms with van der Waals surface area (Å²) in [7, 11) is 0. The van der Waals surface area contributed by atoms with Crippen LogP contribution in [0, 0.1) is 0 Å². The van der Waals surface area contributed by atoms with Crippen LogP contribution in [-0.4, -0.2) is 17.6 Å². The van der Waals surface area contributed by atoms with Gasteiger partial charge in [0.15, 0.2) is 6.10 Å². The van der Waals surface area contributed by atoms with Gasteiger partial charge in [0.1, 0.15) is 5.75 Å². The Labute approximate surface area is 134 Å². The molecule has 1 aliphatic carbocycles. The number of hydrogen-bond acceptors (Lipinski definition) is 2. The van der Waals surface area contributed by atoms with E-state index in [1.165, 1.54) is 24.0 Å². The molecule has 0 spiro atoms. The maximum Gasteiger partial charge on any atom is 0.261 e. The van der Waals surface area contributed by atoms with Crippen molar-refractivity contribution in [1.82, 2.24) is 5.32 Å². The molecule has 0 radical (unpaired) electrons. The van der Waals surface area contributed by atoms with Crippen LogP contribution in [0.4, 0.5) is 0 Å². The number of benzene rings is 1. The highest BCUT2D eigenvalue weighted by Gasteiger charge is 2.25. The number of fused-ring (bicyclic) bond motifs is 1. The molecule has 0 saturated heterocycles. The fourth-order valence-corrected chi connectivity index (χ4v) is 2.77. The van der Waals surface area contributed by atoms with E-state index in [-0.39, 0.29) is 11.4 Å². The van der Waals surface area contributed by atoms with Gasteiger partial charge in [0.2, 0.25) is 0 Å². The molecule has 3 nitrogen and oxygen atoms in total. The van der Waals surface area contributed by atoms with Gasteiger partial charge in [-0.2, -0.15) is 0 Å². The molecule has 0 unspecified atom stereocenters. The molecule has 1 amide bonds. The fourth-order valence-electron chi connectivity index (χ4n) is 2.77. The lowest BCUT2D eigenvalue weighted by atomic mass is 9.92. The fraction of sp³-hybridized carbons (Fsp3) is 0.632. The average Bonchev–Trinajstić information content (AvgIpc) is 2.52. The minimum atomic E-state index is -0.424. The van der Waals surface area contributed by atoms with E-state index >= 15 is 0 Å². The number of rotatable bonds is 6. The summed E-state index contributed by atoms with van der Waals surface area (Å²) in [5.41, 5.74) is 2.63. The van der Waals surface area contributed by atoms with Crippen LogP contribution in [0.15, 0.2) is 18.2 Å². The molecule has 0 heterocycles. The summed E-state index contributed by atoms with van der Waals surface area (Å²) in [6.45, 7) is 8.14. The number of amides is 1. The van der Waals surface area contributed by atoms with Crippen molar-refractivity contribution >= 4 is 5.91 Å². The van der Waals surface area contributed by atoms with Crippen LogP contribution in [0.1, 0.15) is 64.5 Å². The molecular weight excluding hydrogens is 274 g/mol. The Morgan fingerprint density at radius 1 is 1.23 bits per heavy atom. The second-order valence-corrected chi connectivity index (χ2v) is 6.88. The molecule has 1 aliphatic rings. The Hall–Kier alpha value is -1.51. The highest BCUT2D eigenvalue weighted by molar-refractivity contribution is 5.81. The summed E-state index contributed by atoms with van der Waals surface area (Å²) in [6.07, 6.45) is 5.96. The monoisotopic (exact) mass is 303 g/mol. The van der Waals surface area contributed by atoms with Crippen LogP contribution in [0.5, 0.6) is 5.75 Å². The predicted octanol–water partition coefficient (Wildman–Crippen LogP) is 4.03. The van der Waals surface area contributed by atoms with Crippen molar-refractivity contribution in [2.24, 2.45) is 0 Å². The number of carbonyl (C=O) groups excluding carboxylic acids is 1. The molecule has 122 valence electrons. The normalized spacial score (nSPS) is 15.8. The van der Waals surface area contributed by atoms with E-state index in [1.54, 1.807) is 0 Å². The van der Waals surface area contributed by atoms with Crippen LogP contribution >= 0.6 is 0 Å². The molecule has 1 N–H and O–H groups in total. The van der Waals surface area contributed by atoms with Gasteiger partial charge in [0.25, 0.3) is 5.91 Å². The molecule has 0 aromatic heterocycles. The lowest BCUT2D eigenvalue weighted by molar-refractivity contribution is -0.129. The second kappa shape index (κ2) is 7.17. The number of hydrogen-bond donors (Lipinski definition) is 1. The van der Waals surface area contributed by atoms with Crippen molar-refractivity contribution in [3.63, 3.8) is 0 Å². The first-order valence-electron chi connectivity index (χ1n) is 8.55. The molecule has 0 aliphatic heterocycles. The number of aryl methyl sites for hydroxylation is 2. The van der Waals surface area contributed by atoms with Gasteiger partial charge in [-0.1, -0.05) is 19.9 Å². The largest absolute Gasteiger partial charge is 0.481 e. The number of ether oxygens (including phenoxy) is 1. The maximum absolute atomic E-state index is 12.4. The quantitative estimate of drug-likeness (QED) is 0.861. The Balaban J connectivity index is 2.05. The van der Waals surface area contributed by atoms with Gasteiger partial charge >= 0.3 is 0 Å². The van der Waals surface area contributed by atoms with E-state index in [1.807, 2.05) is 26.8 Å². The topological polar surface area (TPSA) is 38.3 Å². The Morgan fingerprint density at radius 2 is 1.91 bits per heavy atom. The van der Waals surface area contributed by atoms with Gasteiger partial charge in [0, 0.05) is 5.54 Å². The standard InChI is InChI=1S/C19H29NO2/c1-5-17(18(21)20-19(3,4)6-2)22-16-12-11-14-9-7-8-10-15(14)13-16/h11-13,17H,5-10H2,1-4H3,(H,20,21)/t17-/m1/s1. The van der Waals surface area contributed by atoms with Gasteiger partial charge in [-0.3, -0.25) is 4.79 Å². The zero-order valence-electron chi connectivity index (χ0n) is 14.4. The smallest absolute Gasteiger partial charge is 0.261 e. The van der Waals surface area contributed by atoms with E-state index in [4.69, 9.17) is 4.74 Å². The summed E-state index contributed by atoms with van der Waals surface area (Å²) in [5.74, 6) is 0.795. The molecule has 0 fully saturated rings. The number of carbonyl (C=O) groups is 1. The summed E-state index contributed by atoms with van der Waals surface area (Å²) in [6, 6.07) is 6.28. The zero-order valence-corrected chi connectivity index (χ0v) is 14.4. The van der Waals surface area contributed by atoms with Crippen LogP contribution in [0.3, 0.4) is 0 Å². The minimum Gasteiger partial charge on any atom is -0.481 e. The van der Waals surface area contributed by atoms with Crippen molar-refractivity contribution in [3.05, 3.63) is 29.3 Å². The van der Waals surface area contributed by atoms with E-state index < -0.39 is 6.10 Å². The lowest BCUT2D eigenvalue weighted by Crippen LogP contribution is -2.48. The van der Waals surface area contributed by atoms with Gasteiger partial charge in [-0.25, -0.2) is 0 Å². The van der Waals surface area contributed by atoms with Crippen molar-refractivity contribution in [3.8, 4) is 5.75 Å². The van der Waals surface area contributed by atoms with Crippen LogP contribution < -0.4 is 10.1 Å². The van der Waals surface area contributed by atoms with Gasteiger partial charge in [-0.05, 0) is 75.6 Å². The van der Waals surface area contributed by atoms with E-state index in [2.05, 4.69) is 24.4 Å². The molecule has 0 bridgehead atoms. The van der Waals surface area contributed by atoms with Crippen LogP contribution in [-0.2, 0) is 17.6 Å². The van der Waals surface area contributed by atoms with E-state index in [0.717, 1.165) is 25.0 Å². The first-order chi connectivity index (χ1) is 10.4. The third kappa shape index (κ3) is 4.25. The summed E-state index contributed by atoms with van der Waals surface area (Å²) in [4.78, 5) is 12.4. The highest BCUT2D eigenvalue weighted by Crippen LogP contribution is 2.26. The Morgan fingerprint density at radius 3 is 2.55 bits per heavy atom. The van der Waals surface area contributed by atoms with Crippen molar-refractivity contribution in [2.45, 2.75) is 77.9 Å². The molecule has 3 heteroatoms. The van der Waals surface area contributed by atoms with Gasteiger partial charge in [0.05, 0.1) is 0 Å². The maximum atomic E-state index is 12.4. The van der Waals surface area contributed by atoms with Crippen LogP contribution in [0.2, 0.25) is 0 Å². The van der Waals surface area contributed by atoms with Crippen molar-refractivity contribution < 1.29 is 9.53 Å². The van der Waals surface area contributed by atoms with Crippen LogP contribution in [0.25, 0.3) is 0 Å². The minimum absolute atomic E-state index is 0.0212. The predicted molar refractivity (Wildman–Crippen MR) is 90.3 cm³/mol. The van der Waals surface area contributed by atoms with Crippen molar-refractivity contribution in [2.75, 3.05) is 0 Å². The Kier molecular flexibility index (Phi) is 5.49. The molecule has 2 rings (SSSR count). The van der Waals surface area contributed by atoms with Crippen molar-refractivity contribution in [1.29, 1.82) is 0 Å². The molecule has 1 atom stereocenters. The first-order valence-corrected chi connectivity index (χ1v) is 8.55. The third-order valence-corrected chi connectivity index (χ3v) is 4.61. The van der Waals surface area contributed by atoms with Gasteiger partial charge < -0.3 is 10.1 Å². The van der Waals surface area contributed by atoms with Gasteiger partial charge in [-0.15, -0.1) is 0 Å². The number of nitrogens with one attached hydrogen (secondary N) is 1. The SMILES string of the molecule is CC[C@@H](Oc1ccc2c(c1)CCCC2)C(=O)NC(C)(C)CC. The summed E-state index contributed by atoms with van der Waals surface area (Å²) in [5, 5.41) is 3.08. The molecular formula is C19H29NO2. The molecule has 0 saturated carbocycles. The third-order valence-electron chi connectivity index (χ3n) is 4.61. The second-order valence-electron chi connectivity index (χ2n) is 6.88. The average molecular weight is 303 g/mol. The molecule has 1 aromatic rings. The lowest BCUT2D eigenvalue weighted by Gasteiger charge is -2.27. The summed E-state index contributed by atoms with van der Waals surface area (Å²) < 4.78 is 5.97. The van der Waals surface area contributed by atoms with E-state index in [0.29, 0.717) is 6.42 Å². The Bertz CT molecular complexity index is 522.